The molecule has 0 fully saturated rings. The Kier molecular flexibility index (Phi) is 10.9. The first-order valence-corrected chi connectivity index (χ1v) is 8.41. The second-order valence-corrected chi connectivity index (χ2v) is 5.22. The van der Waals surface area contributed by atoms with Crippen LogP contribution < -0.4 is 10.6 Å². The molecule has 0 aliphatic rings. The van der Waals surface area contributed by atoms with Gasteiger partial charge in [0.05, 0.1) is 32.6 Å². The molecule has 0 spiro atoms. The molecule has 1 rings (SSSR count). The number of aromatic nitrogens is 2. The Morgan fingerprint density at radius 3 is 2.61 bits per heavy atom. The molecule has 0 saturated heterocycles. The molecule has 1 aromatic rings. The van der Waals surface area contributed by atoms with Crippen LogP contribution in [0.15, 0.2) is 17.4 Å². The highest BCUT2D eigenvalue weighted by molar-refractivity contribution is 5.79. The second-order valence-electron chi connectivity index (χ2n) is 5.22. The van der Waals surface area contributed by atoms with Gasteiger partial charge in [-0.15, -0.1) is 0 Å². The molecule has 23 heavy (non-hydrogen) atoms. The molecule has 7 heteroatoms. The number of hydrogen-bond donors (Lipinski definition) is 2. The maximum Gasteiger partial charge on any atom is 0.191 e. The van der Waals surface area contributed by atoms with Crippen LogP contribution in [0.3, 0.4) is 0 Å². The molecule has 1 aromatic heterocycles. The van der Waals surface area contributed by atoms with E-state index in [4.69, 9.17) is 9.47 Å². The topological polar surface area (TPSA) is 72.7 Å². The molecule has 0 aliphatic carbocycles. The van der Waals surface area contributed by atoms with Crippen molar-refractivity contribution in [3.63, 3.8) is 0 Å². The standard InChI is InChI=1S/C16H31N5O2/c1-4-6-8-22-10-11-23-9-7-18-16(17-5-2)19-12-15-13-20-21(3)14-15/h13-14H,4-12H2,1-3H3,(H2,17,18,19). The van der Waals surface area contributed by atoms with Gasteiger partial charge in [-0.2, -0.15) is 5.10 Å². The van der Waals surface area contributed by atoms with Crippen LogP contribution >= 0.6 is 0 Å². The first-order chi connectivity index (χ1) is 11.3. The van der Waals surface area contributed by atoms with E-state index < -0.39 is 0 Å². The molecular formula is C16H31N5O2. The molecular weight excluding hydrogens is 294 g/mol. The molecule has 0 bridgehead atoms. The van der Waals surface area contributed by atoms with Crippen LogP contribution in [-0.4, -0.2) is 55.3 Å². The van der Waals surface area contributed by atoms with Crippen molar-refractivity contribution in [2.75, 3.05) is 39.5 Å². The molecule has 0 unspecified atom stereocenters. The number of unbranched alkanes of at least 4 members (excludes halogenated alkanes) is 1. The lowest BCUT2D eigenvalue weighted by Crippen LogP contribution is -2.39. The Morgan fingerprint density at radius 1 is 1.17 bits per heavy atom. The zero-order valence-corrected chi connectivity index (χ0v) is 14.7. The van der Waals surface area contributed by atoms with E-state index in [1.807, 2.05) is 26.4 Å². The van der Waals surface area contributed by atoms with Crippen LogP contribution in [0, 0.1) is 0 Å². The quantitative estimate of drug-likeness (QED) is 0.344. The minimum atomic E-state index is 0.606. The summed E-state index contributed by atoms with van der Waals surface area (Å²) in [5, 5.41) is 10.6. The molecule has 0 radical (unpaired) electrons. The van der Waals surface area contributed by atoms with Crippen molar-refractivity contribution in [2.45, 2.75) is 33.2 Å². The van der Waals surface area contributed by atoms with Crippen LogP contribution in [-0.2, 0) is 23.1 Å². The van der Waals surface area contributed by atoms with Crippen LogP contribution in [0.4, 0.5) is 0 Å². The summed E-state index contributed by atoms with van der Waals surface area (Å²) in [6, 6.07) is 0. The van der Waals surface area contributed by atoms with Crippen LogP contribution in [0.5, 0.6) is 0 Å². The number of guanidine groups is 1. The largest absolute Gasteiger partial charge is 0.379 e. The average Bonchev–Trinajstić information content (AvgIpc) is 2.96. The van der Waals surface area contributed by atoms with Gasteiger partial charge in [0.25, 0.3) is 0 Å². The third-order valence-electron chi connectivity index (χ3n) is 3.08. The second kappa shape index (κ2) is 12.9. The van der Waals surface area contributed by atoms with Crippen LogP contribution in [0.1, 0.15) is 32.3 Å². The van der Waals surface area contributed by atoms with Gasteiger partial charge < -0.3 is 20.1 Å². The monoisotopic (exact) mass is 325 g/mol. The minimum absolute atomic E-state index is 0.606. The Morgan fingerprint density at radius 2 is 1.96 bits per heavy atom. The number of aliphatic imine (C=N–C) groups is 1. The molecule has 0 amide bonds. The molecule has 0 aliphatic heterocycles. The fourth-order valence-corrected chi connectivity index (χ4v) is 1.88. The maximum absolute atomic E-state index is 5.52. The smallest absolute Gasteiger partial charge is 0.191 e. The minimum Gasteiger partial charge on any atom is -0.379 e. The lowest BCUT2D eigenvalue weighted by Gasteiger charge is -2.11. The SMILES string of the molecule is CCCCOCCOCCNC(=NCc1cnn(C)c1)NCC. The van der Waals surface area contributed by atoms with Crippen LogP contribution in [0.2, 0.25) is 0 Å². The summed E-state index contributed by atoms with van der Waals surface area (Å²) in [7, 11) is 1.90. The summed E-state index contributed by atoms with van der Waals surface area (Å²) >= 11 is 0. The lowest BCUT2D eigenvalue weighted by atomic mass is 10.4. The van der Waals surface area contributed by atoms with Crippen molar-refractivity contribution in [1.82, 2.24) is 20.4 Å². The van der Waals surface area contributed by atoms with E-state index >= 15 is 0 Å². The van der Waals surface area contributed by atoms with Gasteiger partial charge in [-0.05, 0) is 13.3 Å². The maximum atomic E-state index is 5.52. The Balaban J connectivity index is 2.13. The van der Waals surface area contributed by atoms with Gasteiger partial charge in [-0.3, -0.25) is 4.68 Å². The van der Waals surface area contributed by atoms with E-state index in [-0.39, 0.29) is 0 Å². The van der Waals surface area contributed by atoms with Gasteiger partial charge in [-0.1, -0.05) is 13.3 Å². The van der Waals surface area contributed by atoms with Crippen molar-refractivity contribution < 1.29 is 9.47 Å². The summed E-state index contributed by atoms with van der Waals surface area (Å²) < 4.78 is 12.7. The van der Waals surface area contributed by atoms with Gasteiger partial charge in [-0.25, -0.2) is 4.99 Å². The highest BCUT2D eigenvalue weighted by Crippen LogP contribution is 1.97. The predicted octanol–water partition coefficient (Wildman–Crippen LogP) is 1.31. The number of hydrogen-bond acceptors (Lipinski definition) is 4. The van der Waals surface area contributed by atoms with Crippen molar-refractivity contribution in [1.29, 1.82) is 0 Å². The van der Waals surface area contributed by atoms with E-state index in [9.17, 15) is 0 Å². The Labute approximate surface area is 139 Å². The third-order valence-corrected chi connectivity index (χ3v) is 3.08. The highest BCUT2D eigenvalue weighted by atomic mass is 16.5. The zero-order valence-electron chi connectivity index (χ0n) is 14.7. The lowest BCUT2D eigenvalue weighted by molar-refractivity contribution is 0.0487. The highest BCUT2D eigenvalue weighted by Gasteiger charge is 1.99. The van der Waals surface area contributed by atoms with E-state index in [0.29, 0.717) is 32.9 Å². The van der Waals surface area contributed by atoms with E-state index in [0.717, 1.165) is 37.5 Å². The molecule has 0 saturated carbocycles. The van der Waals surface area contributed by atoms with Crippen molar-refractivity contribution >= 4 is 5.96 Å². The zero-order chi connectivity index (χ0) is 16.8. The number of ether oxygens (including phenoxy) is 2. The number of nitrogens with one attached hydrogen (secondary N) is 2. The van der Waals surface area contributed by atoms with E-state index in [2.05, 4.69) is 27.6 Å². The Bertz CT molecular complexity index is 434. The molecule has 7 nitrogen and oxygen atoms in total. The average molecular weight is 325 g/mol. The first-order valence-electron chi connectivity index (χ1n) is 8.41. The summed E-state index contributed by atoms with van der Waals surface area (Å²) in [6.45, 7) is 9.10. The van der Waals surface area contributed by atoms with Crippen molar-refractivity contribution in [2.24, 2.45) is 12.0 Å². The fourth-order valence-electron chi connectivity index (χ4n) is 1.88. The molecule has 2 N–H and O–H groups in total. The number of aryl methyl sites for hydroxylation is 1. The van der Waals surface area contributed by atoms with Crippen molar-refractivity contribution in [3.8, 4) is 0 Å². The first kappa shape index (κ1) is 19.4. The summed E-state index contributed by atoms with van der Waals surface area (Å²) in [5.41, 5.74) is 1.09. The van der Waals surface area contributed by atoms with Gasteiger partial charge in [0, 0.05) is 38.5 Å². The van der Waals surface area contributed by atoms with E-state index in [1.165, 1.54) is 0 Å². The molecule has 0 aromatic carbocycles. The van der Waals surface area contributed by atoms with Crippen molar-refractivity contribution in [3.05, 3.63) is 18.0 Å². The van der Waals surface area contributed by atoms with E-state index in [1.54, 1.807) is 4.68 Å². The third kappa shape index (κ3) is 9.91. The summed E-state index contributed by atoms with van der Waals surface area (Å²) in [5.74, 6) is 0.791. The van der Waals surface area contributed by atoms with Gasteiger partial charge >= 0.3 is 0 Å². The fraction of sp³-hybridized carbons (Fsp3) is 0.750. The number of nitrogens with zero attached hydrogens (tertiary/aromatic N) is 3. The van der Waals surface area contributed by atoms with Gasteiger partial charge in [0.15, 0.2) is 5.96 Å². The summed E-state index contributed by atoms with van der Waals surface area (Å²) in [6.07, 6.45) is 6.07. The summed E-state index contributed by atoms with van der Waals surface area (Å²) in [4.78, 5) is 4.53. The molecule has 1 heterocycles. The normalized spacial score (nSPS) is 11.7. The van der Waals surface area contributed by atoms with Crippen LogP contribution in [0.25, 0.3) is 0 Å². The molecule has 132 valence electrons. The van der Waals surface area contributed by atoms with Gasteiger partial charge in [0.1, 0.15) is 0 Å². The van der Waals surface area contributed by atoms with Gasteiger partial charge in [0.2, 0.25) is 0 Å². The Hall–Kier alpha value is -1.60. The molecule has 0 atom stereocenters. The predicted molar refractivity (Wildman–Crippen MR) is 92.6 cm³/mol. The number of rotatable bonds is 12.